The lowest BCUT2D eigenvalue weighted by Crippen LogP contribution is -2.11. The Kier molecular flexibility index (Phi) is 10.6. The van der Waals surface area contributed by atoms with Gasteiger partial charge in [0, 0.05) is 19.8 Å². The zero-order valence-electron chi connectivity index (χ0n) is 8.85. The predicted molar refractivity (Wildman–Crippen MR) is 83.8 cm³/mol. The van der Waals surface area contributed by atoms with Crippen molar-refractivity contribution in [1.29, 1.82) is 0 Å². The summed E-state index contributed by atoms with van der Waals surface area (Å²) >= 11 is 16.1. The van der Waals surface area contributed by atoms with Crippen molar-refractivity contribution in [3.8, 4) is 0 Å². The second kappa shape index (κ2) is 9.63. The van der Waals surface area contributed by atoms with Crippen LogP contribution in [0.25, 0.3) is 0 Å². The molecule has 0 radical (unpaired) electrons. The number of rotatable bonds is 5. The van der Waals surface area contributed by atoms with E-state index < -0.39 is 11.4 Å². The van der Waals surface area contributed by atoms with Gasteiger partial charge in [-0.1, -0.05) is 24.5 Å². The maximum absolute atomic E-state index is 8.86. The molecule has 1 saturated heterocycles. The molecule has 4 N–H and O–H groups in total. The van der Waals surface area contributed by atoms with Crippen molar-refractivity contribution in [1.82, 2.24) is 10.6 Å². The number of hydrogen-bond acceptors (Lipinski definition) is 6. The zero-order chi connectivity index (χ0) is 13.4. The summed E-state index contributed by atoms with van der Waals surface area (Å²) in [6.07, 6.45) is 0. The lowest BCUT2D eigenvalue weighted by atomic mass is 10.7. The van der Waals surface area contributed by atoms with Crippen LogP contribution in [0.3, 0.4) is 0 Å². The third-order valence-corrected chi connectivity index (χ3v) is 3.69. The van der Waals surface area contributed by atoms with Crippen molar-refractivity contribution in [3.05, 3.63) is 0 Å². The highest BCUT2D eigenvalue weighted by Crippen LogP contribution is 2.49. The summed E-state index contributed by atoms with van der Waals surface area (Å²) in [4.78, 5) is 17.7. The van der Waals surface area contributed by atoms with Crippen LogP contribution in [0.15, 0.2) is 0 Å². The summed E-state index contributed by atoms with van der Waals surface area (Å²) in [7, 11) is 0. The molecule has 6 nitrogen and oxygen atoms in total. The minimum absolute atomic E-state index is 0.0385. The molecule has 0 aromatic heterocycles. The third kappa shape index (κ3) is 17.8. The fourth-order valence-corrected chi connectivity index (χ4v) is 2.32. The van der Waals surface area contributed by atoms with Crippen molar-refractivity contribution in [2.75, 3.05) is 33.0 Å². The van der Waals surface area contributed by atoms with E-state index in [-0.39, 0.29) is 13.2 Å². The first-order chi connectivity index (χ1) is 7.71. The summed E-state index contributed by atoms with van der Waals surface area (Å²) in [6, 6.07) is 0. The van der Waals surface area contributed by atoms with E-state index in [1.54, 1.807) is 0 Å². The average Bonchev–Trinajstić information content (AvgIpc) is 2.67. The van der Waals surface area contributed by atoms with Crippen molar-refractivity contribution >= 4 is 59.5 Å². The maximum atomic E-state index is 8.86. The quantitative estimate of drug-likeness (QED) is 0.240. The van der Waals surface area contributed by atoms with E-state index in [4.69, 9.17) is 9.79 Å². The minimum Gasteiger partial charge on any atom is -0.338 e. The van der Waals surface area contributed by atoms with Gasteiger partial charge in [0.2, 0.25) is 11.4 Å². The van der Waals surface area contributed by atoms with Gasteiger partial charge in [-0.25, -0.2) is 0 Å². The third-order valence-electron chi connectivity index (χ3n) is 1.33. The molecule has 0 aliphatic carbocycles. The highest BCUT2D eigenvalue weighted by Gasteiger charge is 2.08. The van der Waals surface area contributed by atoms with Gasteiger partial charge in [-0.05, 0) is 23.6 Å². The first-order valence-corrected chi connectivity index (χ1v) is 12.2. The van der Waals surface area contributed by atoms with Gasteiger partial charge in [0.15, 0.2) is 0 Å². The fraction of sp³-hybridized carbons (Fsp3) is 1.00. The molecule has 2 atom stereocenters. The molecule has 1 aliphatic heterocycles. The molecular weight excluding hydrogens is 342 g/mol. The van der Waals surface area contributed by atoms with Crippen molar-refractivity contribution in [2.24, 2.45) is 0 Å². The van der Waals surface area contributed by atoms with Crippen LogP contribution in [0.2, 0.25) is 0 Å². The molecule has 0 amide bonds. The standard InChI is InChI=1S/C3H8N2.C2H8O4P2S4/c1-2-5-3-4-1;3-7(9,10)5-1-2-6-8(4,11)12/h4-5H,1-3H2;1-2H2,(H2,3,9,10)(H2,4,11,12). The second-order valence-electron chi connectivity index (χ2n) is 2.82. The van der Waals surface area contributed by atoms with Crippen LogP contribution < -0.4 is 10.6 Å². The van der Waals surface area contributed by atoms with E-state index in [1.165, 1.54) is 0 Å². The van der Waals surface area contributed by atoms with E-state index in [1.807, 2.05) is 0 Å². The maximum Gasteiger partial charge on any atom is 0.241 e. The number of hydrogen-bond donors (Lipinski definition) is 6. The minimum atomic E-state index is -2.93. The molecule has 0 spiro atoms. The van der Waals surface area contributed by atoms with Crippen LogP contribution in [0.5, 0.6) is 0 Å². The molecule has 0 aromatic rings. The molecule has 1 rings (SSSR count). The fourth-order valence-electron chi connectivity index (χ4n) is 0.754. The monoisotopic (exact) mass is 358 g/mol. The van der Waals surface area contributed by atoms with E-state index in [2.05, 4.69) is 67.8 Å². The first-order valence-electron chi connectivity index (χ1n) is 4.52. The molecule has 1 fully saturated rings. The normalized spacial score (nSPS) is 22.1. The Morgan fingerprint density at radius 1 is 1.00 bits per heavy atom. The SMILES string of the molecule is C1CNCN1.OP(=S)(S)OCCOP(O)(=S)S. The second-order valence-corrected chi connectivity index (χ2v) is 13.1. The summed E-state index contributed by atoms with van der Waals surface area (Å²) < 4.78 is 9.34. The molecule has 0 bridgehead atoms. The predicted octanol–water partition coefficient (Wildman–Crippen LogP) is 0.449. The summed E-state index contributed by atoms with van der Waals surface area (Å²) in [5.41, 5.74) is -5.86. The molecule has 1 aliphatic rings. The van der Waals surface area contributed by atoms with Gasteiger partial charge in [-0.15, -0.1) is 0 Å². The zero-order valence-corrected chi connectivity index (χ0v) is 14.1. The van der Waals surface area contributed by atoms with Crippen LogP contribution in [0.4, 0.5) is 0 Å². The molecule has 2 unspecified atom stereocenters. The lowest BCUT2D eigenvalue weighted by molar-refractivity contribution is 0.224. The van der Waals surface area contributed by atoms with Crippen molar-refractivity contribution < 1.29 is 18.8 Å². The molecule has 1 heterocycles. The Morgan fingerprint density at radius 3 is 1.53 bits per heavy atom. The van der Waals surface area contributed by atoms with Gasteiger partial charge < -0.3 is 29.5 Å². The largest absolute Gasteiger partial charge is 0.338 e. The van der Waals surface area contributed by atoms with Crippen LogP contribution in [0.1, 0.15) is 0 Å². The number of thiol groups is 2. The Balaban J connectivity index is 0.000000419. The Labute approximate surface area is 122 Å². The van der Waals surface area contributed by atoms with E-state index in [0.29, 0.717) is 0 Å². The number of nitrogens with one attached hydrogen (secondary N) is 2. The molecule has 104 valence electrons. The van der Waals surface area contributed by atoms with Gasteiger partial charge in [0.05, 0.1) is 13.2 Å². The highest BCUT2D eigenvalue weighted by atomic mass is 32.9. The van der Waals surface area contributed by atoms with Crippen molar-refractivity contribution in [2.45, 2.75) is 0 Å². The van der Waals surface area contributed by atoms with E-state index in [0.717, 1.165) is 19.8 Å². The van der Waals surface area contributed by atoms with Crippen LogP contribution >= 0.6 is 35.9 Å². The first kappa shape index (κ1) is 18.8. The van der Waals surface area contributed by atoms with Gasteiger partial charge in [-0.2, -0.15) is 0 Å². The molecule has 12 heteroatoms. The van der Waals surface area contributed by atoms with E-state index >= 15 is 0 Å². The average molecular weight is 358 g/mol. The smallest absolute Gasteiger partial charge is 0.241 e. The summed E-state index contributed by atoms with van der Waals surface area (Å²) in [5.74, 6) is 0. The highest BCUT2D eigenvalue weighted by molar-refractivity contribution is 8.60. The Morgan fingerprint density at radius 2 is 1.35 bits per heavy atom. The van der Waals surface area contributed by atoms with E-state index in [9.17, 15) is 0 Å². The van der Waals surface area contributed by atoms with Gasteiger partial charge >= 0.3 is 0 Å². The molecule has 0 saturated carbocycles. The lowest BCUT2D eigenvalue weighted by Gasteiger charge is -2.11. The van der Waals surface area contributed by atoms with Crippen molar-refractivity contribution in [3.63, 3.8) is 0 Å². The molecular formula is C5H16N2O4P2S4. The Bertz CT molecular complexity index is 260. The molecule has 0 aromatic carbocycles. The van der Waals surface area contributed by atoms with Gasteiger partial charge in [0.1, 0.15) is 0 Å². The molecule has 17 heavy (non-hydrogen) atoms. The van der Waals surface area contributed by atoms with Crippen LogP contribution in [0, 0.1) is 0 Å². The van der Waals surface area contributed by atoms with Crippen LogP contribution in [-0.4, -0.2) is 42.8 Å². The summed E-state index contributed by atoms with van der Waals surface area (Å²) in [6.45, 7) is 3.35. The topological polar surface area (TPSA) is 83.0 Å². The summed E-state index contributed by atoms with van der Waals surface area (Å²) in [5, 5.41) is 6.22. The van der Waals surface area contributed by atoms with Crippen LogP contribution in [-0.2, 0) is 32.7 Å². The van der Waals surface area contributed by atoms with Gasteiger partial charge in [-0.3, -0.25) is 0 Å². The van der Waals surface area contributed by atoms with Gasteiger partial charge in [0.25, 0.3) is 0 Å². The Hall–Kier alpha value is 1.76.